The molecular weight excluding hydrogens is 240 g/mol. The zero-order valence-electron chi connectivity index (χ0n) is 8.13. The zero-order chi connectivity index (χ0) is 11.1. The van der Waals surface area contributed by atoms with Gasteiger partial charge in [0.05, 0.1) is 11.9 Å². The minimum Gasteiger partial charge on any atom is -0.253 e. The van der Waals surface area contributed by atoms with Crippen LogP contribution in [0.2, 0.25) is 0 Å². The lowest BCUT2D eigenvalue weighted by Crippen LogP contribution is -2.28. The maximum atomic E-state index is 11.2. The van der Waals surface area contributed by atoms with Crippen LogP contribution >= 0.6 is 11.6 Å². The highest BCUT2D eigenvalue weighted by atomic mass is 35.5. The van der Waals surface area contributed by atoms with Gasteiger partial charge in [-0.25, -0.2) is 13.1 Å². The number of halogens is 1. The smallest absolute Gasteiger partial charge is 0.212 e. The van der Waals surface area contributed by atoms with Gasteiger partial charge in [-0.3, -0.25) is 4.68 Å². The molecule has 1 aromatic rings. The first-order valence-electron chi connectivity index (χ1n) is 4.51. The number of aryl methyl sites for hydroxylation is 1. The van der Waals surface area contributed by atoms with E-state index in [-0.39, 0.29) is 11.6 Å². The van der Waals surface area contributed by atoms with E-state index in [0.29, 0.717) is 19.5 Å². The maximum absolute atomic E-state index is 11.2. The van der Waals surface area contributed by atoms with Gasteiger partial charge in [-0.1, -0.05) is 5.21 Å². The molecule has 86 valence electrons. The van der Waals surface area contributed by atoms with E-state index >= 15 is 0 Å². The summed E-state index contributed by atoms with van der Waals surface area (Å²) in [5.74, 6) is 0.0658. The molecule has 0 amide bonds. The van der Waals surface area contributed by atoms with Gasteiger partial charge >= 0.3 is 0 Å². The molecule has 6 nitrogen and oxygen atoms in total. The van der Waals surface area contributed by atoms with E-state index in [1.165, 1.54) is 0 Å². The summed E-state index contributed by atoms with van der Waals surface area (Å²) in [7, 11) is -3.20. The van der Waals surface area contributed by atoms with Gasteiger partial charge in [0.1, 0.15) is 0 Å². The van der Waals surface area contributed by atoms with Gasteiger partial charge in [-0.15, -0.1) is 16.7 Å². The SMILES string of the molecule is O=S(=O)(CCCl)NCCCn1ccnn1. The highest BCUT2D eigenvalue weighted by molar-refractivity contribution is 7.89. The molecule has 0 bridgehead atoms. The van der Waals surface area contributed by atoms with E-state index in [1.807, 2.05) is 0 Å². The number of sulfonamides is 1. The van der Waals surface area contributed by atoms with Crippen molar-refractivity contribution in [3.63, 3.8) is 0 Å². The van der Waals surface area contributed by atoms with E-state index in [4.69, 9.17) is 11.6 Å². The summed E-state index contributed by atoms with van der Waals surface area (Å²) in [4.78, 5) is 0. The van der Waals surface area contributed by atoms with Crippen LogP contribution in [0, 0.1) is 0 Å². The second-order valence-corrected chi connectivity index (χ2v) is 5.23. The molecule has 1 heterocycles. The Morgan fingerprint density at radius 3 is 2.87 bits per heavy atom. The third-order valence-corrected chi connectivity index (χ3v) is 3.50. The average Bonchev–Trinajstić information content (AvgIpc) is 2.65. The van der Waals surface area contributed by atoms with E-state index < -0.39 is 10.0 Å². The van der Waals surface area contributed by atoms with Crippen LogP contribution < -0.4 is 4.72 Å². The van der Waals surface area contributed by atoms with E-state index in [9.17, 15) is 8.42 Å². The first-order chi connectivity index (χ1) is 7.14. The molecule has 0 spiro atoms. The lowest BCUT2D eigenvalue weighted by Gasteiger charge is -2.04. The Hall–Kier alpha value is -0.660. The fraction of sp³-hybridized carbons (Fsp3) is 0.714. The molecule has 15 heavy (non-hydrogen) atoms. The van der Waals surface area contributed by atoms with E-state index in [2.05, 4.69) is 15.0 Å². The van der Waals surface area contributed by atoms with Crippen molar-refractivity contribution in [2.75, 3.05) is 18.2 Å². The van der Waals surface area contributed by atoms with Crippen LogP contribution in [0.15, 0.2) is 12.4 Å². The molecular formula is C7H13ClN4O2S. The fourth-order valence-corrected chi connectivity index (χ4v) is 2.41. The summed E-state index contributed by atoms with van der Waals surface area (Å²) in [6, 6.07) is 0. The Kier molecular flexibility index (Phi) is 5.00. The largest absolute Gasteiger partial charge is 0.253 e. The topological polar surface area (TPSA) is 76.9 Å². The Bertz CT molecular complexity index is 364. The van der Waals surface area contributed by atoms with Gasteiger partial charge in [0.2, 0.25) is 10.0 Å². The summed E-state index contributed by atoms with van der Waals surface area (Å²) in [5, 5.41) is 7.39. The zero-order valence-corrected chi connectivity index (χ0v) is 9.71. The van der Waals surface area contributed by atoms with Crippen LogP contribution in [-0.2, 0) is 16.6 Å². The lowest BCUT2D eigenvalue weighted by atomic mass is 10.4. The lowest BCUT2D eigenvalue weighted by molar-refractivity contribution is 0.543. The molecule has 0 aliphatic heterocycles. The molecule has 0 saturated heterocycles. The average molecular weight is 253 g/mol. The fourth-order valence-electron chi connectivity index (χ4n) is 0.994. The number of hydrogen-bond donors (Lipinski definition) is 1. The highest BCUT2D eigenvalue weighted by Gasteiger charge is 2.07. The van der Waals surface area contributed by atoms with Crippen molar-refractivity contribution in [3.05, 3.63) is 12.4 Å². The Balaban J connectivity index is 2.17. The van der Waals surface area contributed by atoms with Gasteiger partial charge in [-0.2, -0.15) is 0 Å². The van der Waals surface area contributed by atoms with Crippen molar-refractivity contribution in [3.8, 4) is 0 Å². The number of aromatic nitrogens is 3. The van der Waals surface area contributed by atoms with Crippen LogP contribution in [0.5, 0.6) is 0 Å². The minimum atomic E-state index is -3.20. The molecule has 0 aliphatic carbocycles. The summed E-state index contributed by atoms with van der Waals surface area (Å²) >= 11 is 5.34. The molecule has 0 atom stereocenters. The summed E-state index contributed by atoms with van der Waals surface area (Å²) in [6.45, 7) is 1.03. The monoisotopic (exact) mass is 252 g/mol. The molecule has 0 saturated carbocycles. The summed E-state index contributed by atoms with van der Waals surface area (Å²) < 4.78 is 26.4. The normalized spacial score (nSPS) is 11.8. The van der Waals surface area contributed by atoms with Gasteiger partial charge in [0.15, 0.2) is 0 Å². The first-order valence-corrected chi connectivity index (χ1v) is 6.70. The molecule has 1 aromatic heterocycles. The van der Waals surface area contributed by atoms with Crippen LogP contribution in [0.3, 0.4) is 0 Å². The van der Waals surface area contributed by atoms with Gasteiger partial charge in [0.25, 0.3) is 0 Å². The molecule has 0 radical (unpaired) electrons. The van der Waals surface area contributed by atoms with Crippen LogP contribution in [0.1, 0.15) is 6.42 Å². The molecule has 1 N–H and O–H groups in total. The van der Waals surface area contributed by atoms with Gasteiger partial charge in [-0.05, 0) is 6.42 Å². The predicted molar refractivity (Wildman–Crippen MR) is 57.1 cm³/mol. The van der Waals surface area contributed by atoms with Crippen molar-refractivity contribution in [1.82, 2.24) is 19.7 Å². The number of nitrogens with zero attached hydrogens (tertiary/aromatic N) is 3. The molecule has 0 fully saturated rings. The van der Waals surface area contributed by atoms with E-state index in [0.717, 1.165) is 0 Å². The first kappa shape index (κ1) is 12.4. The van der Waals surface area contributed by atoms with Crippen LogP contribution in [0.4, 0.5) is 0 Å². The predicted octanol–water partition coefficient (Wildman–Crippen LogP) is -0.174. The Morgan fingerprint density at radius 1 is 1.47 bits per heavy atom. The van der Waals surface area contributed by atoms with Crippen molar-refractivity contribution in [2.24, 2.45) is 0 Å². The summed E-state index contributed by atoms with van der Waals surface area (Å²) in [6.07, 6.45) is 3.98. The van der Waals surface area contributed by atoms with Crippen molar-refractivity contribution in [1.29, 1.82) is 0 Å². The minimum absolute atomic E-state index is 0.0438. The Labute approximate surface area is 93.7 Å². The van der Waals surface area contributed by atoms with Crippen LogP contribution in [0.25, 0.3) is 0 Å². The molecule has 8 heteroatoms. The van der Waals surface area contributed by atoms with E-state index in [1.54, 1.807) is 17.1 Å². The Morgan fingerprint density at radius 2 is 2.27 bits per heavy atom. The number of nitrogens with one attached hydrogen (secondary N) is 1. The molecule has 1 rings (SSSR count). The summed E-state index contributed by atoms with van der Waals surface area (Å²) in [5.41, 5.74) is 0. The number of alkyl halides is 1. The standard InChI is InChI=1S/C7H13ClN4O2S/c8-2-7-15(13,14)10-3-1-5-12-6-4-9-11-12/h4,6,10H,1-3,5,7H2. The van der Waals surface area contributed by atoms with Crippen molar-refractivity contribution >= 4 is 21.6 Å². The second-order valence-electron chi connectivity index (χ2n) is 2.92. The third kappa shape index (κ3) is 5.10. The van der Waals surface area contributed by atoms with Gasteiger partial charge in [0, 0.05) is 25.2 Å². The van der Waals surface area contributed by atoms with Crippen LogP contribution in [-0.4, -0.2) is 41.6 Å². The third-order valence-electron chi connectivity index (χ3n) is 1.70. The number of hydrogen-bond acceptors (Lipinski definition) is 4. The highest BCUT2D eigenvalue weighted by Crippen LogP contribution is 1.90. The second kappa shape index (κ2) is 6.04. The molecule has 0 aliphatic rings. The molecule has 0 aromatic carbocycles. The quantitative estimate of drug-likeness (QED) is 0.540. The van der Waals surface area contributed by atoms with Crippen molar-refractivity contribution in [2.45, 2.75) is 13.0 Å². The molecule has 0 unspecified atom stereocenters. The van der Waals surface area contributed by atoms with Crippen molar-refractivity contribution < 1.29 is 8.42 Å². The van der Waals surface area contributed by atoms with Gasteiger partial charge < -0.3 is 0 Å². The maximum Gasteiger partial charge on any atom is 0.212 e. The number of rotatable bonds is 7.